The highest BCUT2D eigenvalue weighted by molar-refractivity contribution is 4.91. The molecule has 0 spiro atoms. The van der Waals surface area contributed by atoms with E-state index in [1.54, 1.807) is 6.08 Å². The van der Waals surface area contributed by atoms with Gasteiger partial charge in [0.1, 0.15) is 0 Å². The lowest BCUT2D eigenvalue weighted by atomic mass is 10.2. The molecule has 58 valence electrons. The van der Waals surface area contributed by atoms with E-state index in [4.69, 9.17) is 5.11 Å². The van der Waals surface area contributed by atoms with Gasteiger partial charge in [0.05, 0.1) is 6.10 Å². The summed E-state index contributed by atoms with van der Waals surface area (Å²) in [5.41, 5.74) is 0. The van der Waals surface area contributed by atoms with Crippen molar-refractivity contribution >= 4 is 0 Å². The van der Waals surface area contributed by atoms with E-state index in [9.17, 15) is 0 Å². The Morgan fingerprint density at radius 3 is 2.80 bits per heavy atom. The van der Waals surface area contributed by atoms with Gasteiger partial charge in [-0.15, -0.1) is 6.58 Å². The van der Waals surface area contributed by atoms with Crippen LogP contribution in [0, 0.1) is 0 Å². The van der Waals surface area contributed by atoms with Crippen molar-refractivity contribution in [3.05, 3.63) is 24.8 Å². The summed E-state index contributed by atoms with van der Waals surface area (Å²) >= 11 is 0. The van der Waals surface area contributed by atoms with Crippen LogP contribution in [0.25, 0.3) is 0 Å². The maximum Gasteiger partial charge on any atom is 0.0755 e. The van der Waals surface area contributed by atoms with Crippen LogP contribution >= 0.6 is 0 Å². The summed E-state index contributed by atoms with van der Waals surface area (Å²) in [4.78, 5) is 0. The maximum absolute atomic E-state index is 9.12. The summed E-state index contributed by atoms with van der Waals surface area (Å²) < 4.78 is 0. The van der Waals surface area contributed by atoms with Crippen LogP contribution in [0.15, 0.2) is 24.8 Å². The molecule has 0 unspecified atom stereocenters. The standard InChI is InChI=1S/C9H16O/c1-3-5-6-8-9(10)7-4-2/h4,6,8-10H,2-3,5,7H2,1H3/t9-/m0/s1. The molecule has 0 bridgehead atoms. The summed E-state index contributed by atoms with van der Waals surface area (Å²) in [6.45, 7) is 5.65. The minimum atomic E-state index is -0.330. The fraction of sp³-hybridized carbons (Fsp3) is 0.556. The lowest BCUT2D eigenvalue weighted by molar-refractivity contribution is 0.226. The van der Waals surface area contributed by atoms with Crippen molar-refractivity contribution in [3.8, 4) is 0 Å². The molecule has 0 saturated heterocycles. The molecule has 0 aromatic rings. The van der Waals surface area contributed by atoms with E-state index in [-0.39, 0.29) is 6.10 Å². The Morgan fingerprint density at radius 1 is 1.60 bits per heavy atom. The van der Waals surface area contributed by atoms with Gasteiger partial charge >= 0.3 is 0 Å². The molecule has 0 fully saturated rings. The van der Waals surface area contributed by atoms with Crippen molar-refractivity contribution in [2.24, 2.45) is 0 Å². The first-order valence-electron chi connectivity index (χ1n) is 3.76. The van der Waals surface area contributed by atoms with E-state index in [0.717, 1.165) is 12.8 Å². The fourth-order valence-corrected chi connectivity index (χ4v) is 0.669. The van der Waals surface area contributed by atoms with Gasteiger partial charge in [0.15, 0.2) is 0 Å². The first kappa shape index (κ1) is 9.44. The first-order chi connectivity index (χ1) is 4.81. The van der Waals surface area contributed by atoms with Crippen LogP contribution in [-0.2, 0) is 0 Å². The molecule has 10 heavy (non-hydrogen) atoms. The number of rotatable bonds is 5. The van der Waals surface area contributed by atoms with Crippen molar-refractivity contribution in [3.63, 3.8) is 0 Å². The van der Waals surface area contributed by atoms with Crippen LogP contribution in [0.3, 0.4) is 0 Å². The first-order valence-corrected chi connectivity index (χ1v) is 3.76. The Hall–Kier alpha value is -0.560. The highest BCUT2D eigenvalue weighted by atomic mass is 16.3. The Morgan fingerprint density at radius 2 is 2.30 bits per heavy atom. The molecular formula is C9H16O. The third kappa shape index (κ3) is 5.57. The van der Waals surface area contributed by atoms with E-state index < -0.39 is 0 Å². The number of unbranched alkanes of at least 4 members (excludes halogenated alkanes) is 1. The predicted octanol–water partition coefficient (Wildman–Crippen LogP) is 2.28. The van der Waals surface area contributed by atoms with Gasteiger partial charge in [0, 0.05) is 0 Å². The SMILES string of the molecule is C=CC[C@H](O)C=CCCC. The van der Waals surface area contributed by atoms with Crippen molar-refractivity contribution in [2.45, 2.75) is 32.3 Å². The quantitative estimate of drug-likeness (QED) is 0.581. The number of hydrogen-bond acceptors (Lipinski definition) is 1. The highest BCUT2D eigenvalue weighted by Crippen LogP contribution is 1.96. The Kier molecular flexibility index (Phi) is 6.19. The van der Waals surface area contributed by atoms with E-state index in [1.807, 2.05) is 12.2 Å². The van der Waals surface area contributed by atoms with E-state index >= 15 is 0 Å². The molecule has 0 radical (unpaired) electrons. The van der Waals surface area contributed by atoms with Crippen molar-refractivity contribution in [1.82, 2.24) is 0 Å². The molecule has 0 rings (SSSR count). The fourth-order valence-electron chi connectivity index (χ4n) is 0.669. The molecule has 0 aliphatic rings. The second-order valence-electron chi connectivity index (χ2n) is 2.31. The summed E-state index contributed by atoms with van der Waals surface area (Å²) in [5, 5.41) is 9.12. The van der Waals surface area contributed by atoms with Gasteiger partial charge in [-0.3, -0.25) is 0 Å². The number of hydrogen-bond donors (Lipinski definition) is 1. The van der Waals surface area contributed by atoms with Crippen molar-refractivity contribution in [2.75, 3.05) is 0 Å². The van der Waals surface area contributed by atoms with Gasteiger partial charge in [0.25, 0.3) is 0 Å². The molecule has 0 aromatic heterocycles. The minimum Gasteiger partial charge on any atom is -0.389 e. The normalized spacial score (nSPS) is 13.8. The summed E-state index contributed by atoms with van der Waals surface area (Å²) in [6.07, 6.45) is 8.07. The van der Waals surface area contributed by atoms with Crippen LogP contribution in [-0.4, -0.2) is 11.2 Å². The molecule has 0 aliphatic carbocycles. The van der Waals surface area contributed by atoms with Gasteiger partial charge in [-0.1, -0.05) is 31.6 Å². The second-order valence-corrected chi connectivity index (χ2v) is 2.31. The third-order valence-corrected chi connectivity index (χ3v) is 1.22. The topological polar surface area (TPSA) is 20.2 Å². The Balaban J connectivity index is 3.34. The number of allylic oxidation sites excluding steroid dienone is 1. The van der Waals surface area contributed by atoms with Crippen LogP contribution in [0.4, 0.5) is 0 Å². The summed E-state index contributed by atoms with van der Waals surface area (Å²) in [5.74, 6) is 0. The van der Waals surface area contributed by atoms with Gasteiger partial charge < -0.3 is 5.11 Å². The van der Waals surface area contributed by atoms with Crippen molar-refractivity contribution < 1.29 is 5.11 Å². The molecule has 1 nitrogen and oxygen atoms in total. The molecule has 0 aliphatic heterocycles. The van der Waals surface area contributed by atoms with Gasteiger partial charge in [-0.05, 0) is 12.8 Å². The Bertz CT molecular complexity index is 105. The average Bonchev–Trinajstić information content (AvgIpc) is 1.89. The molecule has 1 N–H and O–H groups in total. The average molecular weight is 140 g/mol. The zero-order chi connectivity index (χ0) is 7.82. The zero-order valence-corrected chi connectivity index (χ0v) is 6.59. The smallest absolute Gasteiger partial charge is 0.0755 e. The molecule has 1 heteroatoms. The lowest BCUT2D eigenvalue weighted by Gasteiger charge is -1.98. The van der Waals surface area contributed by atoms with Gasteiger partial charge in [-0.2, -0.15) is 0 Å². The highest BCUT2D eigenvalue weighted by Gasteiger charge is 1.91. The zero-order valence-electron chi connectivity index (χ0n) is 6.59. The molecular weight excluding hydrogens is 124 g/mol. The van der Waals surface area contributed by atoms with E-state index in [1.165, 1.54) is 0 Å². The van der Waals surface area contributed by atoms with Crippen molar-refractivity contribution in [1.29, 1.82) is 0 Å². The van der Waals surface area contributed by atoms with Crippen LogP contribution < -0.4 is 0 Å². The largest absolute Gasteiger partial charge is 0.389 e. The molecule has 0 heterocycles. The Labute approximate surface area is 63.1 Å². The lowest BCUT2D eigenvalue weighted by Crippen LogP contribution is -1.98. The summed E-state index contributed by atoms with van der Waals surface area (Å²) in [7, 11) is 0. The summed E-state index contributed by atoms with van der Waals surface area (Å²) in [6, 6.07) is 0. The van der Waals surface area contributed by atoms with Gasteiger partial charge in [0.2, 0.25) is 0 Å². The molecule has 0 aromatic carbocycles. The molecule has 0 amide bonds. The molecule has 1 atom stereocenters. The third-order valence-electron chi connectivity index (χ3n) is 1.22. The second kappa shape index (κ2) is 6.56. The van der Waals surface area contributed by atoms with Crippen LogP contribution in [0.2, 0.25) is 0 Å². The minimum absolute atomic E-state index is 0.330. The van der Waals surface area contributed by atoms with E-state index in [0.29, 0.717) is 6.42 Å². The monoisotopic (exact) mass is 140 g/mol. The maximum atomic E-state index is 9.12. The number of aliphatic hydroxyl groups is 1. The van der Waals surface area contributed by atoms with E-state index in [2.05, 4.69) is 13.5 Å². The van der Waals surface area contributed by atoms with Crippen LogP contribution in [0.5, 0.6) is 0 Å². The van der Waals surface area contributed by atoms with Gasteiger partial charge in [-0.25, -0.2) is 0 Å². The molecule has 0 saturated carbocycles. The van der Waals surface area contributed by atoms with Crippen LogP contribution in [0.1, 0.15) is 26.2 Å². The number of aliphatic hydroxyl groups excluding tert-OH is 1. The predicted molar refractivity (Wildman–Crippen MR) is 44.9 cm³/mol.